The van der Waals surface area contributed by atoms with Gasteiger partial charge < -0.3 is 11.1 Å². The van der Waals surface area contributed by atoms with E-state index in [0.29, 0.717) is 37.4 Å². The van der Waals surface area contributed by atoms with E-state index in [4.69, 9.17) is 5.73 Å². The van der Waals surface area contributed by atoms with Crippen molar-refractivity contribution in [2.75, 3.05) is 19.6 Å². The van der Waals surface area contributed by atoms with E-state index in [1.807, 2.05) is 26.8 Å². The van der Waals surface area contributed by atoms with E-state index < -0.39 is 10.0 Å². The van der Waals surface area contributed by atoms with Crippen molar-refractivity contribution in [3.05, 3.63) is 29.3 Å². The highest BCUT2D eigenvalue weighted by atomic mass is 32.2. The highest BCUT2D eigenvalue weighted by molar-refractivity contribution is 7.89. The first kappa shape index (κ1) is 18.9. The quantitative estimate of drug-likeness (QED) is 0.831. The highest BCUT2D eigenvalue weighted by Crippen LogP contribution is 2.25. The van der Waals surface area contributed by atoms with Crippen molar-refractivity contribution in [3.8, 4) is 0 Å². The Morgan fingerprint density at radius 3 is 2.46 bits per heavy atom. The van der Waals surface area contributed by atoms with Crippen LogP contribution in [0.3, 0.4) is 0 Å². The fourth-order valence-corrected chi connectivity index (χ4v) is 4.36. The second-order valence-electron chi connectivity index (χ2n) is 6.57. The third-order valence-electron chi connectivity index (χ3n) is 4.68. The lowest BCUT2D eigenvalue weighted by Crippen LogP contribution is -2.46. The maximum Gasteiger partial charge on any atom is 0.243 e. The molecule has 0 aromatic heterocycles. The van der Waals surface area contributed by atoms with Crippen molar-refractivity contribution in [1.29, 1.82) is 0 Å². The summed E-state index contributed by atoms with van der Waals surface area (Å²) < 4.78 is 27.0. The Balaban J connectivity index is 2.03. The molecule has 0 saturated carbocycles. The van der Waals surface area contributed by atoms with Crippen LogP contribution >= 0.6 is 0 Å². The summed E-state index contributed by atoms with van der Waals surface area (Å²) in [5.74, 6) is -0.179. The largest absolute Gasteiger partial charge is 0.352 e. The van der Waals surface area contributed by atoms with Gasteiger partial charge in [0.25, 0.3) is 0 Å². The fraction of sp³-hybridized carbons (Fsp3) is 0.588. The van der Waals surface area contributed by atoms with Gasteiger partial charge in [0.2, 0.25) is 15.9 Å². The Morgan fingerprint density at radius 2 is 1.92 bits per heavy atom. The zero-order valence-corrected chi connectivity index (χ0v) is 15.4. The summed E-state index contributed by atoms with van der Waals surface area (Å²) in [4.78, 5) is 12.5. The molecule has 1 aliphatic rings. The SMILES string of the molecule is Cc1ccc(S(=O)(=O)N2CCC(C(=O)N[C@@H](C)CN)CC2)cc1C. The number of nitrogens with one attached hydrogen (secondary N) is 1. The zero-order valence-electron chi connectivity index (χ0n) is 14.6. The molecule has 2 rings (SSSR count). The van der Waals surface area contributed by atoms with Crippen LogP contribution in [0.15, 0.2) is 23.1 Å². The number of sulfonamides is 1. The second kappa shape index (κ2) is 7.63. The van der Waals surface area contributed by atoms with E-state index in [0.717, 1.165) is 11.1 Å². The molecular formula is C17H27N3O3S. The lowest BCUT2D eigenvalue weighted by molar-refractivity contribution is -0.126. The monoisotopic (exact) mass is 353 g/mol. The Labute approximate surface area is 144 Å². The van der Waals surface area contributed by atoms with Crippen LogP contribution in [0.1, 0.15) is 30.9 Å². The average Bonchev–Trinajstić information content (AvgIpc) is 2.57. The molecule has 1 heterocycles. The Morgan fingerprint density at radius 1 is 1.29 bits per heavy atom. The summed E-state index contributed by atoms with van der Waals surface area (Å²) in [6.45, 7) is 6.85. The fourth-order valence-electron chi connectivity index (χ4n) is 2.80. The topological polar surface area (TPSA) is 92.5 Å². The smallest absolute Gasteiger partial charge is 0.243 e. The molecule has 0 spiro atoms. The van der Waals surface area contributed by atoms with E-state index in [9.17, 15) is 13.2 Å². The van der Waals surface area contributed by atoms with E-state index >= 15 is 0 Å². The minimum absolute atomic E-state index is 0.0313. The number of piperidine rings is 1. The molecule has 1 amide bonds. The molecule has 0 unspecified atom stereocenters. The molecule has 1 atom stereocenters. The maximum atomic E-state index is 12.8. The van der Waals surface area contributed by atoms with E-state index in [1.165, 1.54) is 4.31 Å². The normalized spacial score (nSPS) is 18.3. The summed E-state index contributed by atoms with van der Waals surface area (Å²) in [5.41, 5.74) is 7.54. The molecule has 0 radical (unpaired) electrons. The number of carbonyl (C=O) groups is 1. The third kappa shape index (κ3) is 4.15. The Hall–Kier alpha value is -1.44. The molecule has 1 saturated heterocycles. The Bertz CT molecular complexity index is 695. The van der Waals surface area contributed by atoms with Gasteiger partial charge in [0.15, 0.2) is 0 Å². The van der Waals surface area contributed by atoms with Gasteiger partial charge in [-0.05, 0) is 56.9 Å². The van der Waals surface area contributed by atoms with Gasteiger partial charge in [-0.2, -0.15) is 4.31 Å². The molecule has 0 bridgehead atoms. The summed E-state index contributed by atoms with van der Waals surface area (Å²) in [6, 6.07) is 5.14. The predicted octanol–water partition coefficient (Wildman–Crippen LogP) is 1.17. The van der Waals surface area contributed by atoms with Crippen molar-refractivity contribution in [1.82, 2.24) is 9.62 Å². The number of aryl methyl sites for hydroxylation is 2. The third-order valence-corrected chi connectivity index (χ3v) is 6.58. The molecule has 6 nitrogen and oxygen atoms in total. The van der Waals surface area contributed by atoms with Gasteiger partial charge >= 0.3 is 0 Å². The van der Waals surface area contributed by atoms with Crippen LogP contribution in [0.2, 0.25) is 0 Å². The molecule has 1 aromatic rings. The molecule has 1 aliphatic heterocycles. The number of nitrogens with zero attached hydrogens (tertiary/aromatic N) is 1. The molecule has 1 fully saturated rings. The summed E-state index contributed by atoms with van der Waals surface area (Å²) in [6.07, 6.45) is 1.07. The minimum atomic E-state index is -3.50. The predicted molar refractivity (Wildman–Crippen MR) is 94.1 cm³/mol. The first-order valence-corrected chi connectivity index (χ1v) is 9.77. The van der Waals surface area contributed by atoms with Gasteiger partial charge in [-0.15, -0.1) is 0 Å². The number of benzene rings is 1. The molecular weight excluding hydrogens is 326 g/mol. The van der Waals surface area contributed by atoms with Gasteiger partial charge in [-0.1, -0.05) is 6.07 Å². The van der Waals surface area contributed by atoms with E-state index in [1.54, 1.807) is 12.1 Å². The van der Waals surface area contributed by atoms with Gasteiger partial charge in [0, 0.05) is 31.6 Å². The number of hydrogen-bond acceptors (Lipinski definition) is 4. The van der Waals surface area contributed by atoms with E-state index in [2.05, 4.69) is 5.32 Å². The summed E-state index contributed by atoms with van der Waals surface area (Å²) in [5, 5.41) is 2.87. The van der Waals surface area contributed by atoms with Crippen molar-refractivity contribution < 1.29 is 13.2 Å². The van der Waals surface area contributed by atoms with Gasteiger partial charge in [-0.25, -0.2) is 8.42 Å². The van der Waals surface area contributed by atoms with Crippen molar-refractivity contribution in [2.45, 2.75) is 44.6 Å². The highest BCUT2D eigenvalue weighted by Gasteiger charge is 2.32. The number of carbonyl (C=O) groups excluding carboxylic acids is 1. The van der Waals surface area contributed by atoms with Gasteiger partial charge in [-0.3, -0.25) is 4.79 Å². The van der Waals surface area contributed by atoms with Crippen LogP contribution in [0.5, 0.6) is 0 Å². The van der Waals surface area contributed by atoms with Crippen LogP contribution in [0, 0.1) is 19.8 Å². The lowest BCUT2D eigenvalue weighted by Gasteiger charge is -2.31. The van der Waals surface area contributed by atoms with E-state index in [-0.39, 0.29) is 17.9 Å². The van der Waals surface area contributed by atoms with Crippen LogP contribution in [0.4, 0.5) is 0 Å². The lowest BCUT2D eigenvalue weighted by atomic mass is 9.97. The number of nitrogens with two attached hydrogens (primary N) is 1. The molecule has 1 aromatic carbocycles. The average molecular weight is 353 g/mol. The number of hydrogen-bond donors (Lipinski definition) is 2. The zero-order chi connectivity index (χ0) is 17.9. The number of amides is 1. The molecule has 7 heteroatoms. The first-order chi connectivity index (χ1) is 11.3. The Kier molecular flexibility index (Phi) is 6.01. The minimum Gasteiger partial charge on any atom is -0.352 e. The van der Waals surface area contributed by atoms with Crippen LogP contribution in [-0.4, -0.2) is 44.3 Å². The summed E-state index contributed by atoms with van der Waals surface area (Å²) >= 11 is 0. The second-order valence-corrected chi connectivity index (χ2v) is 8.51. The van der Waals surface area contributed by atoms with Gasteiger partial charge in [0.1, 0.15) is 0 Å². The van der Waals surface area contributed by atoms with Crippen LogP contribution < -0.4 is 11.1 Å². The van der Waals surface area contributed by atoms with Crippen LogP contribution in [-0.2, 0) is 14.8 Å². The molecule has 0 aliphatic carbocycles. The standard InChI is InChI=1S/C17H27N3O3S/c1-12-4-5-16(10-13(12)2)24(22,23)20-8-6-15(7-9-20)17(21)19-14(3)11-18/h4-5,10,14-15H,6-9,11,18H2,1-3H3,(H,19,21)/t14-/m0/s1. The van der Waals surface area contributed by atoms with Crippen molar-refractivity contribution >= 4 is 15.9 Å². The van der Waals surface area contributed by atoms with Crippen molar-refractivity contribution in [2.24, 2.45) is 11.7 Å². The summed E-state index contributed by atoms with van der Waals surface area (Å²) in [7, 11) is -3.50. The molecule has 24 heavy (non-hydrogen) atoms. The van der Waals surface area contributed by atoms with Crippen molar-refractivity contribution in [3.63, 3.8) is 0 Å². The molecule has 3 N–H and O–H groups in total. The van der Waals surface area contributed by atoms with Gasteiger partial charge in [0.05, 0.1) is 4.90 Å². The van der Waals surface area contributed by atoms with Crippen LogP contribution in [0.25, 0.3) is 0 Å². The maximum absolute atomic E-state index is 12.8. The first-order valence-electron chi connectivity index (χ1n) is 8.33. The molecule has 134 valence electrons. The number of rotatable bonds is 5.